The van der Waals surface area contributed by atoms with Crippen molar-refractivity contribution in [3.63, 3.8) is 0 Å². The molecule has 2 aliphatic heterocycles. The first-order valence-corrected chi connectivity index (χ1v) is 10.4. The zero-order chi connectivity index (χ0) is 22.3. The highest BCUT2D eigenvalue weighted by Crippen LogP contribution is 2.39. The minimum absolute atomic E-state index is 0. The smallest absolute Gasteiger partial charge is 0.387 e. The highest BCUT2D eigenvalue weighted by atomic mass is 127. The van der Waals surface area contributed by atoms with E-state index in [1.54, 1.807) is 6.07 Å². The van der Waals surface area contributed by atoms with Gasteiger partial charge < -0.3 is 34.3 Å². The fourth-order valence-electron chi connectivity index (χ4n) is 3.37. The van der Waals surface area contributed by atoms with Crippen LogP contribution in [0.5, 0.6) is 28.7 Å². The van der Waals surface area contributed by atoms with Crippen LogP contribution >= 0.6 is 24.0 Å². The Morgan fingerprint density at radius 2 is 1.82 bits per heavy atom. The maximum absolute atomic E-state index is 12.9. The summed E-state index contributed by atoms with van der Waals surface area (Å²) in [5, 5.41) is 6.40. The zero-order valence-electron chi connectivity index (χ0n) is 18.1. The first kappa shape index (κ1) is 24.9. The normalized spacial score (nSPS) is 14.4. The second-order valence-corrected chi connectivity index (χ2v) is 7.04. The molecule has 0 aliphatic carbocycles. The topological polar surface area (TPSA) is 82.6 Å². The molecule has 180 valence electrons. The van der Waals surface area contributed by atoms with Crippen molar-refractivity contribution in [2.24, 2.45) is 4.99 Å². The lowest BCUT2D eigenvalue weighted by Crippen LogP contribution is -2.36. The molecule has 0 fully saturated rings. The molecule has 4 rings (SSSR count). The molecular formula is C22H26F2IN3O5. The molecule has 0 saturated heterocycles. The van der Waals surface area contributed by atoms with Crippen LogP contribution in [0.25, 0.3) is 0 Å². The number of hydrogen-bond acceptors (Lipinski definition) is 6. The quantitative estimate of drug-likeness (QED) is 0.292. The van der Waals surface area contributed by atoms with Crippen LogP contribution in [0.2, 0.25) is 0 Å². The molecule has 0 spiro atoms. The van der Waals surface area contributed by atoms with Crippen molar-refractivity contribution in [3.8, 4) is 28.7 Å². The third-order valence-corrected chi connectivity index (χ3v) is 4.82. The van der Waals surface area contributed by atoms with Crippen molar-refractivity contribution in [3.05, 3.63) is 41.5 Å². The molecule has 0 aromatic heterocycles. The third kappa shape index (κ3) is 6.42. The molecule has 8 nitrogen and oxygen atoms in total. The van der Waals surface area contributed by atoms with Crippen LogP contribution in [0.3, 0.4) is 0 Å². The van der Waals surface area contributed by atoms with Gasteiger partial charge in [0.25, 0.3) is 0 Å². The van der Waals surface area contributed by atoms with E-state index in [9.17, 15) is 8.78 Å². The summed E-state index contributed by atoms with van der Waals surface area (Å²) in [4.78, 5) is 4.52. The number of fused-ring (bicyclic) bond motifs is 2. The van der Waals surface area contributed by atoms with E-state index in [2.05, 4.69) is 20.4 Å². The Kier molecular flexibility index (Phi) is 9.03. The molecule has 2 N–H and O–H groups in total. The van der Waals surface area contributed by atoms with Gasteiger partial charge >= 0.3 is 6.61 Å². The Balaban J connectivity index is 0.00000306. The molecule has 0 saturated carbocycles. The summed E-state index contributed by atoms with van der Waals surface area (Å²) in [6.45, 7) is 1.39. The summed E-state index contributed by atoms with van der Waals surface area (Å²) in [6, 6.07) is 8.75. The maximum atomic E-state index is 12.9. The Morgan fingerprint density at radius 3 is 2.61 bits per heavy atom. The molecule has 2 aromatic rings. The Labute approximate surface area is 207 Å². The predicted molar refractivity (Wildman–Crippen MR) is 128 cm³/mol. The van der Waals surface area contributed by atoms with Crippen LogP contribution in [0.1, 0.15) is 24.5 Å². The molecule has 0 bridgehead atoms. The molecule has 0 radical (unpaired) electrons. The van der Waals surface area contributed by atoms with Crippen LogP contribution in [0.15, 0.2) is 35.3 Å². The molecule has 2 aliphatic rings. The summed E-state index contributed by atoms with van der Waals surface area (Å²) in [7, 11) is 0. The van der Waals surface area contributed by atoms with Gasteiger partial charge in [-0.2, -0.15) is 8.78 Å². The molecule has 2 aromatic carbocycles. The van der Waals surface area contributed by atoms with Gasteiger partial charge in [-0.15, -0.1) is 24.0 Å². The number of nitrogens with zero attached hydrogens (tertiary/aromatic N) is 1. The van der Waals surface area contributed by atoms with Gasteiger partial charge in [-0.3, -0.25) is 0 Å². The summed E-state index contributed by atoms with van der Waals surface area (Å²) < 4.78 is 52.6. The van der Waals surface area contributed by atoms with E-state index in [1.807, 2.05) is 25.1 Å². The Bertz CT molecular complexity index is 977. The first-order chi connectivity index (χ1) is 15.6. The lowest BCUT2D eigenvalue weighted by molar-refractivity contribution is -0.0505. The Hall–Kier alpha value is -2.70. The van der Waals surface area contributed by atoms with Crippen LogP contribution in [-0.2, 0) is 13.1 Å². The number of benzene rings is 2. The summed E-state index contributed by atoms with van der Waals surface area (Å²) in [5.41, 5.74) is 1.39. The van der Waals surface area contributed by atoms with Gasteiger partial charge in [0.2, 0.25) is 6.79 Å². The number of para-hydroxylation sites is 1. The molecular weight excluding hydrogens is 551 g/mol. The molecule has 11 heteroatoms. The highest BCUT2D eigenvalue weighted by Gasteiger charge is 2.20. The number of ether oxygens (including phenoxy) is 5. The summed E-state index contributed by atoms with van der Waals surface area (Å²) in [5.74, 6) is 2.79. The van der Waals surface area contributed by atoms with Crippen molar-refractivity contribution >= 4 is 29.9 Å². The third-order valence-electron chi connectivity index (χ3n) is 4.82. The lowest BCUT2D eigenvalue weighted by Gasteiger charge is -2.16. The van der Waals surface area contributed by atoms with Crippen molar-refractivity contribution in [1.29, 1.82) is 0 Å². The number of alkyl halides is 2. The van der Waals surface area contributed by atoms with E-state index < -0.39 is 6.61 Å². The van der Waals surface area contributed by atoms with Gasteiger partial charge in [-0.1, -0.05) is 12.1 Å². The van der Waals surface area contributed by atoms with Gasteiger partial charge in [0.1, 0.15) is 5.75 Å². The lowest BCUT2D eigenvalue weighted by atomic mass is 10.1. The fourth-order valence-corrected chi connectivity index (χ4v) is 3.37. The monoisotopic (exact) mass is 577 g/mol. The average molecular weight is 577 g/mol. The van der Waals surface area contributed by atoms with E-state index in [4.69, 9.17) is 18.9 Å². The maximum Gasteiger partial charge on any atom is 0.387 e. The Morgan fingerprint density at radius 1 is 1.03 bits per heavy atom. The van der Waals surface area contributed by atoms with Crippen molar-refractivity contribution in [2.75, 3.05) is 26.6 Å². The van der Waals surface area contributed by atoms with E-state index in [0.717, 1.165) is 23.5 Å². The van der Waals surface area contributed by atoms with Gasteiger partial charge in [0, 0.05) is 36.7 Å². The minimum atomic E-state index is -2.96. The molecule has 2 heterocycles. The van der Waals surface area contributed by atoms with Crippen LogP contribution in [0, 0.1) is 0 Å². The summed E-state index contributed by atoms with van der Waals surface area (Å²) in [6.07, 6.45) is 0.824. The second-order valence-electron chi connectivity index (χ2n) is 7.04. The van der Waals surface area contributed by atoms with Gasteiger partial charge in [-0.05, 0) is 19.1 Å². The number of aliphatic imine (C=N–C) groups is 1. The van der Waals surface area contributed by atoms with Crippen LogP contribution in [0.4, 0.5) is 8.78 Å². The van der Waals surface area contributed by atoms with Crippen LogP contribution in [-0.4, -0.2) is 39.1 Å². The van der Waals surface area contributed by atoms with E-state index in [0.29, 0.717) is 49.3 Å². The van der Waals surface area contributed by atoms with Crippen LogP contribution < -0.4 is 34.3 Å². The fraction of sp³-hybridized carbons (Fsp3) is 0.409. The highest BCUT2D eigenvalue weighted by molar-refractivity contribution is 14.0. The molecule has 0 unspecified atom stereocenters. The summed E-state index contributed by atoms with van der Waals surface area (Å²) >= 11 is 0. The number of halogens is 3. The second kappa shape index (κ2) is 12.0. The zero-order valence-corrected chi connectivity index (χ0v) is 20.4. The van der Waals surface area contributed by atoms with Crippen molar-refractivity contribution < 1.29 is 32.5 Å². The predicted octanol–water partition coefficient (Wildman–Crippen LogP) is 4.05. The minimum Gasteiger partial charge on any atom is -0.490 e. The van der Waals surface area contributed by atoms with E-state index in [1.165, 1.54) is 6.07 Å². The number of rotatable bonds is 7. The molecule has 0 amide bonds. The van der Waals surface area contributed by atoms with Crippen molar-refractivity contribution in [1.82, 2.24) is 10.6 Å². The van der Waals surface area contributed by atoms with E-state index >= 15 is 0 Å². The molecule has 33 heavy (non-hydrogen) atoms. The standard InChI is InChI=1S/C22H25F2N3O5.HI/c1-2-25-22(26-11-14-5-3-6-16-20(14)29-8-4-7-28-16)27-12-15-9-18-19(31-13-30-18)10-17(15)32-21(23)24;/h3,5-6,9-10,21H,2,4,7-8,11-13H2,1H3,(H2,25,26,27);1H. The van der Waals surface area contributed by atoms with E-state index in [-0.39, 0.29) is 43.1 Å². The largest absolute Gasteiger partial charge is 0.490 e. The number of nitrogens with one attached hydrogen (secondary N) is 2. The SMILES string of the molecule is CCNC(=NCc1cc2c(cc1OC(F)F)OCO2)NCc1cccc2c1OCCCO2.I. The van der Waals surface area contributed by atoms with Gasteiger partial charge in [0.15, 0.2) is 29.0 Å². The number of guanidine groups is 1. The van der Waals surface area contributed by atoms with Crippen molar-refractivity contribution in [2.45, 2.75) is 33.0 Å². The average Bonchev–Trinajstić information content (AvgIpc) is 3.08. The van der Waals surface area contributed by atoms with Gasteiger partial charge in [0.05, 0.1) is 19.8 Å². The number of hydrogen-bond donors (Lipinski definition) is 2. The van der Waals surface area contributed by atoms with Gasteiger partial charge in [-0.25, -0.2) is 4.99 Å². The molecule has 0 atom stereocenters. The first-order valence-electron chi connectivity index (χ1n) is 10.4.